The summed E-state index contributed by atoms with van der Waals surface area (Å²) in [7, 11) is 0. The highest BCUT2D eigenvalue weighted by atomic mass is 32.2. The summed E-state index contributed by atoms with van der Waals surface area (Å²) in [5.41, 5.74) is 4.00. The molecule has 0 aliphatic heterocycles. The number of H-pyrrole nitrogens is 1. The van der Waals surface area contributed by atoms with Crippen LogP contribution >= 0.6 is 11.8 Å². The number of benzene rings is 1. The minimum Gasteiger partial charge on any atom is -0.462 e. The Bertz CT molecular complexity index is 932. The summed E-state index contributed by atoms with van der Waals surface area (Å²) >= 11 is 1.37. The van der Waals surface area contributed by atoms with Crippen LogP contribution in [0, 0.1) is 27.7 Å². The number of hydrogen-bond donors (Lipinski definition) is 1. The molecular formula is C22H27NO5S. The molecular weight excluding hydrogens is 390 g/mol. The quantitative estimate of drug-likeness (QED) is 0.391. The molecule has 1 aromatic heterocycles. The van der Waals surface area contributed by atoms with Gasteiger partial charge in [0.25, 0.3) is 0 Å². The van der Waals surface area contributed by atoms with E-state index in [0.29, 0.717) is 16.8 Å². The molecule has 1 aromatic carbocycles. The zero-order valence-corrected chi connectivity index (χ0v) is 18.5. The Labute approximate surface area is 175 Å². The summed E-state index contributed by atoms with van der Waals surface area (Å²) in [5.74, 6) is -1.23. The predicted molar refractivity (Wildman–Crippen MR) is 113 cm³/mol. The van der Waals surface area contributed by atoms with Crippen molar-refractivity contribution in [2.24, 2.45) is 0 Å². The molecule has 7 heteroatoms. The van der Waals surface area contributed by atoms with Gasteiger partial charge in [0.2, 0.25) is 5.78 Å². The molecule has 0 radical (unpaired) electrons. The number of rotatable bonds is 8. The molecule has 1 heterocycles. The number of ether oxygens (including phenoxy) is 2. The minimum atomic E-state index is -0.963. The predicted octanol–water partition coefficient (Wildman–Crippen LogP) is 4.33. The molecule has 1 atom stereocenters. The maximum Gasteiger partial charge on any atom is 0.340 e. The smallest absolute Gasteiger partial charge is 0.340 e. The molecule has 0 saturated heterocycles. The van der Waals surface area contributed by atoms with Gasteiger partial charge in [0.1, 0.15) is 0 Å². The van der Waals surface area contributed by atoms with Crippen molar-refractivity contribution in [1.29, 1.82) is 0 Å². The molecule has 0 spiro atoms. The molecule has 1 N–H and O–H groups in total. The van der Waals surface area contributed by atoms with Gasteiger partial charge >= 0.3 is 11.9 Å². The van der Waals surface area contributed by atoms with Crippen LogP contribution in [0.3, 0.4) is 0 Å². The molecule has 0 amide bonds. The highest BCUT2D eigenvalue weighted by Crippen LogP contribution is 2.23. The Hall–Kier alpha value is -2.54. The van der Waals surface area contributed by atoms with Crippen LogP contribution < -0.4 is 0 Å². The average Bonchev–Trinajstić information content (AvgIpc) is 2.96. The van der Waals surface area contributed by atoms with Gasteiger partial charge in [-0.3, -0.25) is 9.59 Å². The van der Waals surface area contributed by atoms with Gasteiger partial charge < -0.3 is 14.5 Å². The van der Waals surface area contributed by atoms with Gasteiger partial charge in [-0.25, -0.2) is 4.79 Å². The van der Waals surface area contributed by atoms with Crippen LogP contribution in [0.15, 0.2) is 23.1 Å². The highest BCUT2D eigenvalue weighted by Gasteiger charge is 2.27. The van der Waals surface area contributed by atoms with E-state index in [4.69, 9.17) is 9.47 Å². The lowest BCUT2D eigenvalue weighted by atomic mass is 10.1. The second-order valence-electron chi connectivity index (χ2n) is 6.88. The van der Waals surface area contributed by atoms with Gasteiger partial charge in [-0.2, -0.15) is 0 Å². The Morgan fingerprint density at radius 3 is 2.41 bits per heavy atom. The van der Waals surface area contributed by atoms with Crippen LogP contribution in [-0.2, 0) is 14.3 Å². The number of aryl methyl sites for hydroxylation is 3. The number of carbonyl (C=O) groups is 3. The molecule has 0 aliphatic carbocycles. The average molecular weight is 418 g/mol. The van der Waals surface area contributed by atoms with Crippen molar-refractivity contribution in [3.8, 4) is 0 Å². The number of aromatic nitrogens is 1. The molecule has 6 nitrogen and oxygen atoms in total. The fourth-order valence-electron chi connectivity index (χ4n) is 2.94. The highest BCUT2D eigenvalue weighted by molar-refractivity contribution is 8.00. The van der Waals surface area contributed by atoms with E-state index in [9.17, 15) is 14.4 Å². The third kappa shape index (κ3) is 5.50. The summed E-state index contributed by atoms with van der Waals surface area (Å²) in [6.07, 6.45) is -0.963. The lowest BCUT2D eigenvalue weighted by Gasteiger charge is -2.12. The largest absolute Gasteiger partial charge is 0.462 e. The van der Waals surface area contributed by atoms with Crippen molar-refractivity contribution < 1.29 is 23.9 Å². The van der Waals surface area contributed by atoms with E-state index >= 15 is 0 Å². The van der Waals surface area contributed by atoms with Crippen LogP contribution in [0.4, 0.5) is 0 Å². The normalized spacial score (nSPS) is 11.8. The zero-order chi connectivity index (χ0) is 21.7. The summed E-state index contributed by atoms with van der Waals surface area (Å²) in [4.78, 5) is 40.9. The second kappa shape index (κ2) is 9.78. The Morgan fingerprint density at radius 2 is 1.79 bits per heavy atom. The standard InChI is InChI=1S/C22H27NO5S/c1-7-27-22(26)19-14(4)20(23-15(19)5)21(25)16(6)28-18(24)11-29-17-9-8-12(2)13(3)10-17/h8-10,16,23H,7,11H2,1-6H3/t16-/m0/s1. The van der Waals surface area contributed by atoms with Gasteiger partial charge in [0, 0.05) is 10.6 Å². The van der Waals surface area contributed by atoms with Crippen LogP contribution in [0.25, 0.3) is 0 Å². The van der Waals surface area contributed by atoms with Crippen molar-refractivity contribution in [2.75, 3.05) is 12.4 Å². The van der Waals surface area contributed by atoms with Gasteiger partial charge in [0.05, 0.1) is 23.6 Å². The van der Waals surface area contributed by atoms with Crippen LogP contribution in [-0.4, -0.2) is 41.2 Å². The summed E-state index contributed by atoms with van der Waals surface area (Å²) < 4.78 is 10.3. The summed E-state index contributed by atoms with van der Waals surface area (Å²) in [5, 5.41) is 0. The first kappa shape index (κ1) is 22.7. The molecule has 0 aliphatic rings. The summed E-state index contributed by atoms with van der Waals surface area (Å²) in [6.45, 7) is 10.9. The number of carbonyl (C=O) groups excluding carboxylic acids is 3. The second-order valence-corrected chi connectivity index (χ2v) is 7.93. The molecule has 0 unspecified atom stereocenters. The van der Waals surface area contributed by atoms with Crippen molar-refractivity contribution >= 4 is 29.5 Å². The Balaban J connectivity index is 2.01. The minimum absolute atomic E-state index is 0.108. The molecule has 29 heavy (non-hydrogen) atoms. The topological polar surface area (TPSA) is 85.5 Å². The van der Waals surface area contributed by atoms with Crippen molar-refractivity contribution in [3.63, 3.8) is 0 Å². The Morgan fingerprint density at radius 1 is 1.10 bits per heavy atom. The Kier molecular flexibility index (Phi) is 7.67. The van der Waals surface area contributed by atoms with E-state index < -0.39 is 18.0 Å². The number of esters is 2. The number of nitrogens with one attached hydrogen (secondary N) is 1. The fraction of sp³-hybridized carbons (Fsp3) is 0.409. The third-order valence-electron chi connectivity index (χ3n) is 4.68. The van der Waals surface area contributed by atoms with E-state index in [-0.39, 0.29) is 23.8 Å². The van der Waals surface area contributed by atoms with Crippen LogP contribution in [0.2, 0.25) is 0 Å². The van der Waals surface area contributed by atoms with Gasteiger partial charge in [0.15, 0.2) is 6.10 Å². The SMILES string of the molecule is CCOC(=O)c1c(C)[nH]c(C(=O)[C@H](C)OC(=O)CSc2ccc(C)c(C)c2)c1C. The molecule has 2 aromatic rings. The number of aromatic amines is 1. The maximum absolute atomic E-state index is 12.7. The number of thioether (sulfide) groups is 1. The van der Waals surface area contributed by atoms with Crippen molar-refractivity contribution in [3.05, 3.63) is 51.8 Å². The van der Waals surface area contributed by atoms with E-state index in [1.165, 1.54) is 24.2 Å². The monoisotopic (exact) mass is 417 g/mol. The van der Waals surface area contributed by atoms with Crippen molar-refractivity contribution in [2.45, 2.75) is 52.5 Å². The van der Waals surface area contributed by atoms with Crippen molar-refractivity contribution in [1.82, 2.24) is 4.98 Å². The lowest BCUT2D eigenvalue weighted by molar-refractivity contribution is -0.143. The van der Waals surface area contributed by atoms with Gasteiger partial charge in [-0.15, -0.1) is 11.8 Å². The first-order valence-corrected chi connectivity index (χ1v) is 10.4. The van der Waals surface area contributed by atoms with E-state index in [1.807, 2.05) is 32.0 Å². The van der Waals surface area contributed by atoms with E-state index in [0.717, 1.165) is 10.5 Å². The first-order valence-electron chi connectivity index (χ1n) is 9.45. The number of hydrogen-bond acceptors (Lipinski definition) is 6. The van der Waals surface area contributed by atoms with Crippen LogP contribution in [0.5, 0.6) is 0 Å². The molecule has 0 bridgehead atoms. The van der Waals surface area contributed by atoms with E-state index in [1.54, 1.807) is 20.8 Å². The molecule has 0 saturated carbocycles. The van der Waals surface area contributed by atoms with Crippen LogP contribution in [0.1, 0.15) is 57.1 Å². The van der Waals surface area contributed by atoms with Gasteiger partial charge in [-0.1, -0.05) is 6.07 Å². The zero-order valence-electron chi connectivity index (χ0n) is 17.7. The van der Waals surface area contributed by atoms with E-state index in [2.05, 4.69) is 4.98 Å². The number of Topliss-reactive ketones (excluding diaryl/α,β-unsaturated/α-hetero) is 1. The van der Waals surface area contributed by atoms with Gasteiger partial charge in [-0.05, 0) is 70.4 Å². The molecule has 2 rings (SSSR count). The first-order chi connectivity index (χ1) is 13.6. The maximum atomic E-state index is 12.7. The third-order valence-corrected chi connectivity index (χ3v) is 5.64. The summed E-state index contributed by atoms with van der Waals surface area (Å²) in [6, 6.07) is 5.98. The fourth-order valence-corrected chi connectivity index (χ4v) is 3.72. The molecule has 0 fully saturated rings. The molecule has 156 valence electrons. The number of ketones is 1. The lowest BCUT2D eigenvalue weighted by Crippen LogP contribution is -2.26.